The normalized spacial score (nSPS) is 12.5. The van der Waals surface area contributed by atoms with Crippen LogP contribution in [0.1, 0.15) is 19.4 Å². The van der Waals surface area contributed by atoms with Gasteiger partial charge in [-0.1, -0.05) is 25.4 Å². The smallest absolute Gasteiger partial charge is 0.355 e. The van der Waals surface area contributed by atoms with Crippen LogP contribution in [0, 0.1) is 5.92 Å². The van der Waals surface area contributed by atoms with E-state index >= 15 is 0 Å². The second-order valence-electron chi connectivity index (χ2n) is 4.98. The fourth-order valence-corrected chi connectivity index (χ4v) is 3.02. The van der Waals surface area contributed by atoms with Crippen LogP contribution in [0.5, 0.6) is 0 Å². The molecule has 0 bridgehead atoms. The summed E-state index contributed by atoms with van der Waals surface area (Å²) in [6.45, 7) is 3.04. The van der Waals surface area contributed by atoms with Crippen molar-refractivity contribution in [3.05, 3.63) is 28.8 Å². The van der Waals surface area contributed by atoms with E-state index in [9.17, 15) is 26.4 Å². The van der Waals surface area contributed by atoms with Crippen molar-refractivity contribution in [1.82, 2.24) is 10.0 Å². The molecule has 2 N–H and O–H groups in total. The predicted octanol–water partition coefficient (Wildman–Crippen LogP) is 2.41. The van der Waals surface area contributed by atoms with Crippen LogP contribution in [0.15, 0.2) is 23.1 Å². The van der Waals surface area contributed by atoms with Gasteiger partial charge in [-0.2, -0.15) is 13.2 Å². The lowest BCUT2D eigenvalue weighted by molar-refractivity contribution is -0.139. The molecule has 0 aromatic heterocycles. The molecule has 0 saturated carbocycles. The van der Waals surface area contributed by atoms with Gasteiger partial charge >= 0.3 is 6.18 Å². The molecule has 0 saturated heterocycles. The zero-order chi connectivity index (χ0) is 17.8. The Balaban J connectivity index is 2.87. The number of carbonyl (C=O) groups is 1. The Morgan fingerprint density at radius 1 is 1.26 bits per heavy atom. The van der Waals surface area contributed by atoms with E-state index in [-0.39, 0.29) is 29.9 Å². The summed E-state index contributed by atoms with van der Waals surface area (Å²) in [6.07, 6.45) is -4.86. The average Bonchev–Trinajstić information content (AvgIpc) is 2.41. The molecule has 0 aliphatic rings. The van der Waals surface area contributed by atoms with E-state index < -0.39 is 26.7 Å². The van der Waals surface area contributed by atoms with Gasteiger partial charge in [-0.3, -0.25) is 4.79 Å². The van der Waals surface area contributed by atoms with Gasteiger partial charge in [-0.15, -0.1) is 0 Å². The summed E-state index contributed by atoms with van der Waals surface area (Å²) in [6, 6.07) is 2.41. The third-order valence-electron chi connectivity index (χ3n) is 2.78. The molecule has 0 aliphatic heterocycles. The van der Waals surface area contributed by atoms with E-state index in [2.05, 4.69) is 5.32 Å². The van der Waals surface area contributed by atoms with Gasteiger partial charge in [-0.25, -0.2) is 13.1 Å². The van der Waals surface area contributed by atoms with E-state index in [1.807, 2.05) is 4.72 Å². The largest absolute Gasteiger partial charge is 0.417 e. The Kier molecular flexibility index (Phi) is 6.43. The molecular formula is C13H16ClF3N2O3S. The van der Waals surface area contributed by atoms with Crippen LogP contribution in [0.25, 0.3) is 0 Å². The Morgan fingerprint density at radius 2 is 1.87 bits per heavy atom. The van der Waals surface area contributed by atoms with Crippen molar-refractivity contribution < 1.29 is 26.4 Å². The van der Waals surface area contributed by atoms with E-state index in [1.54, 1.807) is 13.8 Å². The lowest BCUT2D eigenvalue weighted by atomic mass is 10.2. The monoisotopic (exact) mass is 372 g/mol. The zero-order valence-corrected chi connectivity index (χ0v) is 13.9. The lowest BCUT2D eigenvalue weighted by Gasteiger charge is -2.14. The van der Waals surface area contributed by atoms with Crippen molar-refractivity contribution >= 4 is 27.5 Å². The Morgan fingerprint density at radius 3 is 2.39 bits per heavy atom. The molecule has 0 atom stereocenters. The minimum Gasteiger partial charge on any atom is -0.355 e. The minimum absolute atomic E-state index is 0.0365. The fourth-order valence-electron chi connectivity index (χ4n) is 1.61. The topological polar surface area (TPSA) is 75.3 Å². The fraction of sp³-hybridized carbons (Fsp3) is 0.462. The number of carbonyl (C=O) groups excluding carboxylic acids is 1. The number of alkyl halides is 3. The van der Waals surface area contributed by atoms with E-state index in [0.29, 0.717) is 6.07 Å². The first-order valence-corrected chi connectivity index (χ1v) is 8.45. The molecule has 130 valence electrons. The molecule has 1 amide bonds. The first kappa shape index (κ1) is 19.7. The van der Waals surface area contributed by atoms with Gasteiger partial charge in [-0.05, 0) is 18.2 Å². The summed E-state index contributed by atoms with van der Waals surface area (Å²) in [5.74, 6) is -0.564. The molecule has 5 nitrogen and oxygen atoms in total. The molecule has 0 fully saturated rings. The van der Waals surface area contributed by atoms with Crippen LogP contribution < -0.4 is 10.0 Å². The highest BCUT2D eigenvalue weighted by Gasteiger charge is 2.37. The van der Waals surface area contributed by atoms with Crippen LogP contribution in [-0.2, 0) is 21.0 Å². The van der Waals surface area contributed by atoms with Crippen molar-refractivity contribution in [3.8, 4) is 0 Å². The predicted molar refractivity (Wildman–Crippen MR) is 79.5 cm³/mol. The number of hydrogen-bond acceptors (Lipinski definition) is 3. The van der Waals surface area contributed by atoms with Gasteiger partial charge in [0.1, 0.15) is 0 Å². The van der Waals surface area contributed by atoms with Crippen LogP contribution in [0.2, 0.25) is 5.02 Å². The molecule has 1 aromatic carbocycles. The molecule has 23 heavy (non-hydrogen) atoms. The quantitative estimate of drug-likeness (QED) is 0.753. The van der Waals surface area contributed by atoms with Gasteiger partial charge in [0, 0.05) is 24.0 Å². The summed E-state index contributed by atoms with van der Waals surface area (Å²) in [4.78, 5) is 10.4. The summed E-state index contributed by atoms with van der Waals surface area (Å²) in [5.41, 5.74) is -1.34. The highest BCUT2D eigenvalue weighted by atomic mass is 35.5. The molecule has 0 spiro atoms. The van der Waals surface area contributed by atoms with Crippen molar-refractivity contribution in [2.45, 2.75) is 24.9 Å². The van der Waals surface area contributed by atoms with Crippen LogP contribution in [0.4, 0.5) is 13.2 Å². The maximum absolute atomic E-state index is 12.9. The van der Waals surface area contributed by atoms with Gasteiger partial charge < -0.3 is 5.32 Å². The number of rotatable bonds is 6. The van der Waals surface area contributed by atoms with Gasteiger partial charge in [0.05, 0.1) is 10.5 Å². The number of sulfonamides is 1. The first-order chi connectivity index (χ1) is 10.4. The molecule has 10 heteroatoms. The molecule has 0 heterocycles. The summed E-state index contributed by atoms with van der Waals surface area (Å²) in [5, 5.41) is 2.23. The second kappa shape index (κ2) is 7.50. The summed E-state index contributed by atoms with van der Waals surface area (Å²) >= 11 is 5.50. The van der Waals surface area contributed by atoms with E-state index in [0.717, 1.165) is 12.1 Å². The Hall–Kier alpha value is -1.32. The molecule has 1 rings (SSSR count). The van der Waals surface area contributed by atoms with Crippen molar-refractivity contribution in [2.75, 3.05) is 13.1 Å². The van der Waals surface area contributed by atoms with Crippen molar-refractivity contribution in [2.24, 2.45) is 5.92 Å². The van der Waals surface area contributed by atoms with Crippen LogP contribution in [0.3, 0.4) is 0 Å². The van der Waals surface area contributed by atoms with Crippen LogP contribution >= 0.6 is 11.6 Å². The van der Waals surface area contributed by atoms with E-state index in [4.69, 9.17) is 11.6 Å². The Labute approximate surface area is 137 Å². The molecule has 1 aromatic rings. The highest BCUT2D eigenvalue weighted by Crippen LogP contribution is 2.35. The number of halogens is 4. The zero-order valence-electron chi connectivity index (χ0n) is 12.4. The average molecular weight is 373 g/mol. The Bertz CT molecular complexity index is 676. The third-order valence-corrected chi connectivity index (χ3v) is 4.53. The van der Waals surface area contributed by atoms with Gasteiger partial charge in [0.15, 0.2) is 0 Å². The molecule has 0 aliphatic carbocycles. The standard InChI is InChI=1S/C13H16ClF3N2O3S/c1-8(2)12(20)18-5-6-19-23(21,22)11-4-3-9(14)7-10(11)13(15,16)17/h3-4,7-8,19H,5-6H2,1-2H3,(H,18,20). The van der Waals surface area contributed by atoms with Crippen molar-refractivity contribution in [3.63, 3.8) is 0 Å². The first-order valence-electron chi connectivity index (χ1n) is 6.59. The second-order valence-corrected chi connectivity index (χ2v) is 7.15. The summed E-state index contributed by atoms with van der Waals surface area (Å²) in [7, 11) is -4.39. The number of nitrogens with one attached hydrogen (secondary N) is 2. The molecule has 0 radical (unpaired) electrons. The number of benzene rings is 1. The van der Waals surface area contributed by atoms with Crippen molar-refractivity contribution in [1.29, 1.82) is 0 Å². The van der Waals surface area contributed by atoms with E-state index in [1.165, 1.54) is 0 Å². The molecule has 0 unspecified atom stereocenters. The SMILES string of the molecule is CC(C)C(=O)NCCNS(=O)(=O)c1ccc(Cl)cc1C(F)(F)F. The van der Waals surface area contributed by atoms with Crippen LogP contribution in [-0.4, -0.2) is 27.4 Å². The third kappa shape index (κ3) is 5.67. The van der Waals surface area contributed by atoms with Gasteiger partial charge in [0.2, 0.25) is 15.9 Å². The lowest BCUT2D eigenvalue weighted by Crippen LogP contribution is -2.36. The number of hydrogen-bond donors (Lipinski definition) is 2. The maximum atomic E-state index is 12.9. The maximum Gasteiger partial charge on any atom is 0.417 e. The van der Waals surface area contributed by atoms with Gasteiger partial charge in [0.25, 0.3) is 0 Å². The highest BCUT2D eigenvalue weighted by molar-refractivity contribution is 7.89. The molecular weight excluding hydrogens is 357 g/mol. The summed E-state index contributed by atoms with van der Waals surface area (Å²) < 4.78 is 64.9. The minimum atomic E-state index is -4.86. The number of amides is 1.